The highest BCUT2D eigenvalue weighted by Crippen LogP contribution is 2.06. The molecule has 0 amide bonds. The van der Waals surface area contributed by atoms with E-state index in [1.54, 1.807) is 6.20 Å². The standard InChI is InChI=1S/C8H10N4/c1-3-7-9-4-6-8(12-7)11-5(2)10-6/h4H,3H2,1-2H3,(H,9,10,11,12). The van der Waals surface area contributed by atoms with E-state index in [0.717, 1.165) is 29.2 Å². The van der Waals surface area contributed by atoms with Crippen molar-refractivity contribution >= 4 is 11.2 Å². The maximum absolute atomic E-state index is 4.29. The van der Waals surface area contributed by atoms with Gasteiger partial charge < -0.3 is 4.98 Å². The van der Waals surface area contributed by atoms with Crippen LogP contribution < -0.4 is 0 Å². The number of rotatable bonds is 1. The number of imidazole rings is 1. The minimum atomic E-state index is 0.833. The largest absolute Gasteiger partial charge is 0.327 e. The summed E-state index contributed by atoms with van der Waals surface area (Å²) < 4.78 is 0. The molecule has 0 spiro atoms. The van der Waals surface area contributed by atoms with Crippen molar-refractivity contribution in [2.45, 2.75) is 20.3 Å². The highest BCUT2D eigenvalue weighted by atomic mass is 15.0. The smallest absolute Gasteiger partial charge is 0.161 e. The number of aromatic amines is 1. The minimum Gasteiger partial charge on any atom is -0.327 e. The quantitative estimate of drug-likeness (QED) is 0.686. The van der Waals surface area contributed by atoms with Gasteiger partial charge in [-0.05, 0) is 6.92 Å². The Balaban J connectivity index is 2.66. The fourth-order valence-electron chi connectivity index (χ4n) is 1.14. The van der Waals surface area contributed by atoms with Gasteiger partial charge in [0.1, 0.15) is 17.2 Å². The summed E-state index contributed by atoms with van der Waals surface area (Å²) in [5.41, 5.74) is 1.67. The molecule has 0 fully saturated rings. The molecule has 12 heavy (non-hydrogen) atoms. The zero-order valence-corrected chi connectivity index (χ0v) is 7.13. The van der Waals surface area contributed by atoms with Crippen LogP contribution >= 0.6 is 0 Å². The lowest BCUT2D eigenvalue weighted by Crippen LogP contribution is -1.91. The molecule has 0 aliphatic heterocycles. The summed E-state index contributed by atoms with van der Waals surface area (Å²) in [5.74, 6) is 1.73. The summed E-state index contributed by atoms with van der Waals surface area (Å²) in [4.78, 5) is 15.7. The lowest BCUT2D eigenvalue weighted by molar-refractivity contribution is 0.955. The zero-order chi connectivity index (χ0) is 8.55. The Labute approximate surface area is 70.1 Å². The normalized spacial score (nSPS) is 10.8. The van der Waals surface area contributed by atoms with Crippen LogP contribution in [0.4, 0.5) is 0 Å². The van der Waals surface area contributed by atoms with E-state index >= 15 is 0 Å². The van der Waals surface area contributed by atoms with Gasteiger partial charge in [0.25, 0.3) is 0 Å². The number of fused-ring (bicyclic) bond motifs is 1. The van der Waals surface area contributed by atoms with E-state index in [1.807, 2.05) is 13.8 Å². The van der Waals surface area contributed by atoms with Gasteiger partial charge in [0.2, 0.25) is 0 Å². The summed E-state index contributed by atoms with van der Waals surface area (Å²) in [6, 6.07) is 0. The maximum atomic E-state index is 4.29. The number of hydrogen-bond donors (Lipinski definition) is 1. The average molecular weight is 162 g/mol. The molecule has 0 bridgehead atoms. The fraction of sp³-hybridized carbons (Fsp3) is 0.375. The molecule has 0 radical (unpaired) electrons. The number of H-pyrrole nitrogens is 1. The van der Waals surface area contributed by atoms with Gasteiger partial charge >= 0.3 is 0 Å². The van der Waals surface area contributed by atoms with Gasteiger partial charge in [-0.15, -0.1) is 0 Å². The fourth-order valence-corrected chi connectivity index (χ4v) is 1.14. The Morgan fingerprint density at radius 2 is 2.25 bits per heavy atom. The van der Waals surface area contributed by atoms with E-state index in [0.29, 0.717) is 0 Å². The van der Waals surface area contributed by atoms with Gasteiger partial charge in [0, 0.05) is 6.42 Å². The van der Waals surface area contributed by atoms with Crippen LogP contribution in [0.2, 0.25) is 0 Å². The molecule has 0 saturated heterocycles. The van der Waals surface area contributed by atoms with E-state index < -0.39 is 0 Å². The second-order valence-electron chi connectivity index (χ2n) is 2.70. The van der Waals surface area contributed by atoms with Gasteiger partial charge in [0.05, 0.1) is 6.20 Å². The summed E-state index contributed by atoms with van der Waals surface area (Å²) in [5, 5.41) is 0. The third-order valence-electron chi connectivity index (χ3n) is 1.72. The lowest BCUT2D eigenvalue weighted by Gasteiger charge is -1.91. The van der Waals surface area contributed by atoms with Crippen molar-refractivity contribution in [2.24, 2.45) is 0 Å². The molecule has 0 aliphatic carbocycles. The van der Waals surface area contributed by atoms with Gasteiger partial charge in [-0.3, -0.25) is 0 Å². The summed E-state index contributed by atoms with van der Waals surface area (Å²) in [6.07, 6.45) is 2.61. The molecule has 2 aromatic heterocycles. The predicted molar refractivity (Wildman–Crippen MR) is 45.8 cm³/mol. The average Bonchev–Trinajstić information content (AvgIpc) is 2.43. The van der Waals surface area contributed by atoms with E-state index in [-0.39, 0.29) is 0 Å². The second kappa shape index (κ2) is 2.55. The lowest BCUT2D eigenvalue weighted by atomic mass is 10.4. The third kappa shape index (κ3) is 1.05. The Kier molecular flexibility index (Phi) is 1.53. The van der Waals surface area contributed by atoms with Gasteiger partial charge in [-0.1, -0.05) is 6.92 Å². The van der Waals surface area contributed by atoms with E-state index in [2.05, 4.69) is 19.9 Å². The van der Waals surface area contributed by atoms with Crippen LogP contribution in [0.25, 0.3) is 11.2 Å². The molecule has 62 valence electrons. The van der Waals surface area contributed by atoms with Crippen LogP contribution in [-0.4, -0.2) is 19.9 Å². The molecule has 4 heteroatoms. The molecular formula is C8H10N4. The summed E-state index contributed by atoms with van der Waals surface area (Å²) >= 11 is 0. The minimum absolute atomic E-state index is 0.833. The Morgan fingerprint density at radius 3 is 3.00 bits per heavy atom. The van der Waals surface area contributed by atoms with Crippen LogP contribution in [-0.2, 0) is 6.42 Å². The topological polar surface area (TPSA) is 54.5 Å². The van der Waals surface area contributed by atoms with Crippen LogP contribution in [0, 0.1) is 6.92 Å². The summed E-state index contributed by atoms with van der Waals surface area (Å²) in [6.45, 7) is 3.94. The number of aromatic nitrogens is 4. The molecule has 0 saturated carbocycles. The summed E-state index contributed by atoms with van der Waals surface area (Å²) in [7, 11) is 0. The zero-order valence-electron chi connectivity index (χ0n) is 7.13. The Bertz CT molecular complexity index is 404. The SMILES string of the molecule is CCc1ncc2nc(C)[nH]c2n1. The van der Waals surface area contributed by atoms with E-state index in [1.165, 1.54) is 0 Å². The number of aryl methyl sites for hydroxylation is 2. The first-order chi connectivity index (χ1) is 5.79. The highest BCUT2D eigenvalue weighted by Gasteiger charge is 2.01. The first-order valence-corrected chi connectivity index (χ1v) is 3.98. The van der Waals surface area contributed by atoms with Crippen molar-refractivity contribution in [3.63, 3.8) is 0 Å². The van der Waals surface area contributed by atoms with Crippen molar-refractivity contribution in [1.29, 1.82) is 0 Å². The van der Waals surface area contributed by atoms with Crippen LogP contribution in [0.3, 0.4) is 0 Å². The molecule has 0 unspecified atom stereocenters. The molecule has 0 aliphatic rings. The molecule has 2 aromatic rings. The molecule has 0 atom stereocenters. The van der Waals surface area contributed by atoms with Crippen molar-refractivity contribution in [2.75, 3.05) is 0 Å². The van der Waals surface area contributed by atoms with Gasteiger partial charge in [0.15, 0.2) is 5.65 Å². The first kappa shape index (κ1) is 7.21. The van der Waals surface area contributed by atoms with Crippen molar-refractivity contribution < 1.29 is 0 Å². The second-order valence-corrected chi connectivity index (χ2v) is 2.70. The van der Waals surface area contributed by atoms with Crippen molar-refractivity contribution in [3.8, 4) is 0 Å². The third-order valence-corrected chi connectivity index (χ3v) is 1.72. The first-order valence-electron chi connectivity index (χ1n) is 3.98. The molecule has 0 aromatic carbocycles. The molecule has 2 rings (SSSR count). The number of hydrogen-bond acceptors (Lipinski definition) is 3. The monoisotopic (exact) mass is 162 g/mol. The molecule has 4 nitrogen and oxygen atoms in total. The van der Waals surface area contributed by atoms with Crippen molar-refractivity contribution in [1.82, 2.24) is 19.9 Å². The Morgan fingerprint density at radius 1 is 1.42 bits per heavy atom. The van der Waals surface area contributed by atoms with Gasteiger partial charge in [-0.25, -0.2) is 15.0 Å². The number of nitrogens with one attached hydrogen (secondary N) is 1. The maximum Gasteiger partial charge on any atom is 0.161 e. The molecular weight excluding hydrogens is 152 g/mol. The molecule has 2 heterocycles. The van der Waals surface area contributed by atoms with E-state index in [4.69, 9.17) is 0 Å². The van der Waals surface area contributed by atoms with Crippen LogP contribution in [0.1, 0.15) is 18.6 Å². The highest BCUT2D eigenvalue weighted by molar-refractivity contribution is 5.68. The van der Waals surface area contributed by atoms with Crippen LogP contribution in [0.15, 0.2) is 6.20 Å². The van der Waals surface area contributed by atoms with E-state index in [9.17, 15) is 0 Å². The molecule has 1 N–H and O–H groups in total. The van der Waals surface area contributed by atoms with Crippen molar-refractivity contribution in [3.05, 3.63) is 17.8 Å². The predicted octanol–water partition coefficient (Wildman–Crippen LogP) is 1.22. The van der Waals surface area contributed by atoms with Crippen LogP contribution in [0.5, 0.6) is 0 Å². The number of nitrogens with zero attached hydrogens (tertiary/aromatic N) is 3. The van der Waals surface area contributed by atoms with Gasteiger partial charge in [-0.2, -0.15) is 0 Å². The Hall–Kier alpha value is -1.45.